The van der Waals surface area contributed by atoms with E-state index in [1.54, 1.807) is 12.1 Å². The third kappa shape index (κ3) is 3.02. The lowest BCUT2D eigenvalue weighted by Crippen LogP contribution is -2.11. The lowest BCUT2D eigenvalue weighted by molar-refractivity contribution is 0.102. The Labute approximate surface area is 113 Å². The van der Waals surface area contributed by atoms with E-state index < -0.39 is 0 Å². The number of nitrogens with one attached hydrogen (secondary N) is 1. The zero-order chi connectivity index (χ0) is 13.1. The first-order valence-electron chi connectivity index (χ1n) is 5.32. The molecular formula is C11H11ClN4OS. The van der Waals surface area contributed by atoms with Gasteiger partial charge in [0, 0.05) is 12.1 Å². The highest BCUT2D eigenvalue weighted by Gasteiger charge is 2.12. The molecule has 0 aliphatic carbocycles. The lowest BCUT2D eigenvalue weighted by Gasteiger charge is -2.00. The summed E-state index contributed by atoms with van der Waals surface area (Å²) in [4.78, 5) is 15.7. The maximum atomic E-state index is 11.8. The Morgan fingerprint density at radius 3 is 2.72 bits per heavy atom. The third-order valence-corrected chi connectivity index (χ3v) is 3.51. The van der Waals surface area contributed by atoms with Crippen molar-refractivity contribution in [2.75, 3.05) is 5.32 Å². The highest BCUT2D eigenvalue weighted by Crippen LogP contribution is 2.22. The van der Waals surface area contributed by atoms with Crippen molar-refractivity contribution in [3.63, 3.8) is 0 Å². The average Bonchev–Trinajstić information content (AvgIpc) is 2.78. The van der Waals surface area contributed by atoms with Crippen LogP contribution in [0, 0.1) is 0 Å². The number of anilines is 1. The summed E-state index contributed by atoms with van der Waals surface area (Å²) in [6, 6.07) is 3.17. The van der Waals surface area contributed by atoms with Gasteiger partial charge in [0.2, 0.25) is 5.13 Å². The highest BCUT2D eigenvalue weighted by atomic mass is 35.5. The van der Waals surface area contributed by atoms with Crippen LogP contribution in [0.1, 0.15) is 35.1 Å². The van der Waals surface area contributed by atoms with Crippen molar-refractivity contribution in [2.45, 2.75) is 19.8 Å². The molecule has 0 aromatic carbocycles. The van der Waals surface area contributed by atoms with Crippen LogP contribution in [0.3, 0.4) is 0 Å². The van der Waals surface area contributed by atoms with E-state index in [4.69, 9.17) is 11.6 Å². The average molecular weight is 283 g/mol. The molecule has 5 nitrogen and oxygen atoms in total. The zero-order valence-corrected chi connectivity index (χ0v) is 11.4. The number of rotatable bonds is 3. The van der Waals surface area contributed by atoms with Crippen LogP contribution in [0.25, 0.3) is 0 Å². The zero-order valence-electron chi connectivity index (χ0n) is 9.85. The molecule has 2 aromatic heterocycles. The molecule has 0 bridgehead atoms. The maximum absolute atomic E-state index is 11.8. The van der Waals surface area contributed by atoms with Crippen molar-refractivity contribution < 1.29 is 4.79 Å². The van der Waals surface area contributed by atoms with Gasteiger partial charge in [0.15, 0.2) is 0 Å². The molecule has 2 heterocycles. The van der Waals surface area contributed by atoms with Gasteiger partial charge in [-0.05, 0) is 12.1 Å². The molecule has 0 unspecified atom stereocenters. The number of carbonyl (C=O) groups excluding carboxylic acids is 1. The minimum Gasteiger partial charge on any atom is -0.296 e. The SMILES string of the molecule is CC(C)c1nnc(NC(=O)c2ccc(Cl)nc2)s1. The van der Waals surface area contributed by atoms with Crippen molar-refractivity contribution in [3.05, 3.63) is 34.1 Å². The molecule has 0 fully saturated rings. The van der Waals surface area contributed by atoms with E-state index in [-0.39, 0.29) is 5.91 Å². The minimum atomic E-state index is -0.273. The fraction of sp³-hybridized carbons (Fsp3) is 0.273. The van der Waals surface area contributed by atoms with Crippen LogP contribution in [0.15, 0.2) is 18.3 Å². The second-order valence-electron chi connectivity index (χ2n) is 3.92. The van der Waals surface area contributed by atoms with Gasteiger partial charge in [-0.2, -0.15) is 0 Å². The molecule has 94 valence electrons. The molecule has 0 radical (unpaired) electrons. The molecule has 0 atom stereocenters. The molecule has 7 heteroatoms. The van der Waals surface area contributed by atoms with Crippen molar-refractivity contribution in [1.29, 1.82) is 0 Å². The molecule has 0 saturated carbocycles. The Balaban J connectivity index is 2.08. The second-order valence-corrected chi connectivity index (χ2v) is 5.32. The number of aromatic nitrogens is 3. The summed E-state index contributed by atoms with van der Waals surface area (Å²) in [5.74, 6) is 0.0240. The Hall–Kier alpha value is -1.53. The van der Waals surface area contributed by atoms with Gasteiger partial charge < -0.3 is 0 Å². The van der Waals surface area contributed by atoms with Gasteiger partial charge in [-0.1, -0.05) is 36.8 Å². The topological polar surface area (TPSA) is 67.8 Å². The van der Waals surface area contributed by atoms with Gasteiger partial charge in [0.25, 0.3) is 5.91 Å². The first kappa shape index (κ1) is 12.9. The molecule has 1 N–H and O–H groups in total. The summed E-state index contributed by atoms with van der Waals surface area (Å²) in [7, 11) is 0. The Bertz CT molecular complexity index is 552. The largest absolute Gasteiger partial charge is 0.296 e. The Morgan fingerprint density at radius 1 is 1.39 bits per heavy atom. The number of pyridine rings is 1. The Kier molecular flexibility index (Phi) is 3.88. The molecule has 0 saturated heterocycles. The van der Waals surface area contributed by atoms with E-state index >= 15 is 0 Å². The number of halogens is 1. The summed E-state index contributed by atoms with van der Waals surface area (Å²) < 4.78 is 0. The van der Waals surface area contributed by atoms with E-state index in [2.05, 4.69) is 20.5 Å². The van der Waals surface area contributed by atoms with Gasteiger partial charge in [0.05, 0.1) is 5.56 Å². The number of hydrogen-bond acceptors (Lipinski definition) is 5. The number of amides is 1. The quantitative estimate of drug-likeness (QED) is 0.879. The van der Waals surface area contributed by atoms with E-state index in [9.17, 15) is 4.79 Å². The standard InChI is InChI=1S/C11H11ClN4OS/c1-6(2)10-15-16-11(18-10)14-9(17)7-3-4-8(12)13-5-7/h3-6H,1-2H3,(H,14,16,17). The van der Waals surface area contributed by atoms with Crippen molar-refractivity contribution in [3.8, 4) is 0 Å². The normalized spacial score (nSPS) is 10.7. The third-order valence-electron chi connectivity index (χ3n) is 2.14. The predicted octanol–water partition coefficient (Wildman–Crippen LogP) is 2.96. The van der Waals surface area contributed by atoms with Crippen LogP contribution in [0.2, 0.25) is 5.15 Å². The molecular weight excluding hydrogens is 272 g/mol. The monoisotopic (exact) mass is 282 g/mol. The van der Waals surface area contributed by atoms with E-state index in [0.717, 1.165) is 5.01 Å². The molecule has 0 aliphatic heterocycles. The van der Waals surface area contributed by atoms with Crippen LogP contribution in [-0.2, 0) is 0 Å². The van der Waals surface area contributed by atoms with Gasteiger partial charge in [-0.25, -0.2) is 4.98 Å². The number of carbonyl (C=O) groups is 1. The number of nitrogens with zero attached hydrogens (tertiary/aromatic N) is 3. The maximum Gasteiger partial charge on any atom is 0.259 e. The summed E-state index contributed by atoms with van der Waals surface area (Å²) in [5.41, 5.74) is 0.431. The first-order valence-corrected chi connectivity index (χ1v) is 6.52. The fourth-order valence-corrected chi connectivity index (χ4v) is 2.05. The predicted molar refractivity (Wildman–Crippen MR) is 71.2 cm³/mol. The minimum absolute atomic E-state index is 0.273. The van der Waals surface area contributed by atoms with Crippen LogP contribution >= 0.6 is 22.9 Å². The lowest BCUT2D eigenvalue weighted by atomic mass is 10.2. The van der Waals surface area contributed by atoms with Crippen molar-refractivity contribution in [2.24, 2.45) is 0 Å². The second kappa shape index (κ2) is 5.41. The molecule has 2 rings (SSSR count). The van der Waals surface area contributed by atoms with Gasteiger partial charge in [0.1, 0.15) is 10.2 Å². The van der Waals surface area contributed by atoms with Crippen molar-refractivity contribution >= 4 is 34.0 Å². The summed E-state index contributed by atoms with van der Waals surface area (Å²) in [5, 5.41) is 12.3. The molecule has 18 heavy (non-hydrogen) atoms. The smallest absolute Gasteiger partial charge is 0.259 e. The van der Waals surface area contributed by atoms with E-state index in [1.807, 2.05) is 13.8 Å². The van der Waals surface area contributed by atoms with Crippen LogP contribution in [-0.4, -0.2) is 21.1 Å². The van der Waals surface area contributed by atoms with E-state index in [0.29, 0.717) is 21.8 Å². The Morgan fingerprint density at radius 2 is 2.17 bits per heavy atom. The number of hydrogen-bond donors (Lipinski definition) is 1. The van der Waals surface area contributed by atoms with Crippen LogP contribution in [0.4, 0.5) is 5.13 Å². The van der Waals surface area contributed by atoms with Gasteiger partial charge >= 0.3 is 0 Å². The molecule has 1 amide bonds. The molecule has 0 aliphatic rings. The van der Waals surface area contributed by atoms with E-state index in [1.165, 1.54) is 17.5 Å². The van der Waals surface area contributed by atoms with Crippen LogP contribution in [0.5, 0.6) is 0 Å². The van der Waals surface area contributed by atoms with Gasteiger partial charge in [-0.3, -0.25) is 10.1 Å². The van der Waals surface area contributed by atoms with Crippen LogP contribution < -0.4 is 5.32 Å². The van der Waals surface area contributed by atoms with Gasteiger partial charge in [-0.15, -0.1) is 10.2 Å². The first-order chi connectivity index (χ1) is 8.56. The highest BCUT2D eigenvalue weighted by molar-refractivity contribution is 7.15. The van der Waals surface area contributed by atoms with Crippen molar-refractivity contribution in [1.82, 2.24) is 15.2 Å². The summed E-state index contributed by atoms with van der Waals surface area (Å²) in [6.07, 6.45) is 1.42. The molecule has 2 aromatic rings. The summed E-state index contributed by atoms with van der Waals surface area (Å²) >= 11 is 7.02. The fourth-order valence-electron chi connectivity index (χ4n) is 1.20. The summed E-state index contributed by atoms with van der Waals surface area (Å²) in [6.45, 7) is 4.05. The molecule has 0 spiro atoms.